The molecule has 0 saturated carbocycles. The maximum absolute atomic E-state index is 8.75. The lowest BCUT2D eigenvalue weighted by atomic mass is 10.1. The smallest absolute Gasteiger partial charge is 0.0466 e. The first-order chi connectivity index (χ1) is 15.4. The molecule has 0 aromatic heterocycles. The first-order valence-electron chi connectivity index (χ1n) is 14.2. The van der Waals surface area contributed by atoms with Crippen LogP contribution in [0.15, 0.2) is 0 Å². The molecular weight excluding hydrogens is 384 g/mol. The van der Waals surface area contributed by atoms with Crippen LogP contribution in [0.1, 0.15) is 154 Å². The van der Waals surface area contributed by atoms with E-state index in [2.05, 4.69) is 0 Å². The van der Waals surface area contributed by atoms with Crippen molar-refractivity contribution in [2.75, 3.05) is 26.4 Å². The fourth-order valence-corrected chi connectivity index (χ4v) is 4.27. The Morgan fingerprint density at radius 2 is 0.452 bits per heavy atom. The third-order valence-corrected chi connectivity index (χ3v) is 6.39. The molecule has 2 N–H and O–H groups in total. The molecule has 0 amide bonds. The topological polar surface area (TPSA) is 49.7 Å². The predicted molar refractivity (Wildman–Crippen MR) is 136 cm³/mol. The monoisotopic (exact) mass is 442 g/mol. The molecule has 0 heterocycles. The molecule has 0 unspecified atom stereocenters. The van der Waals surface area contributed by atoms with Gasteiger partial charge in [-0.25, -0.2) is 0 Å². The van der Waals surface area contributed by atoms with Gasteiger partial charge >= 0.3 is 0 Å². The van der Waals surface area contributed by atoms with Crippen molar-refractivity contribution >= 4 is 0 Å². The van der Waals surface area contributed by atoms with Crippen molar-refractivity contribution < 1.29 is 14.9 Å². The molecule has 31 heavy (non-hydrogen) atoms. The summed E-state index contributed by atoms with van der Waals surface area (Å²) in [5, 5.41) is 17.5. The number of ether oxygens (including phenoxy) is 1. The van der Waals surface area contributed by atoms with Crippen LogP contribution in [0.3, 0.4) is 0 Å². The van der Waals surface area contributed by atoms with Gasteiger partial charge in [0.25, 0.3) is 0 Å². The van der Waals surface area contributed by atoms with Crippen LogP contribution in [0.25, 0.3) is 0 Å². The second-order valence-electron chi connectivity index (χ2n) is 9.54. The fraction of sp³-hybridized carbons (Fsp3) is 1.00. The highest BCUT2D eigenvalue weighted by Crippen LogP contribution is 2.13. The van der Waals surface area contributed by atoms with Gasteiger partial charge < -0.3 is 14.9 Å². The molecular formula is C28H58O3. The third-order valence-electron chi connectivity index (χ3n) is 6.39. The Morgan fingerprint density at radius 3 is 0.677 bits per heavy atom. The lowest BCUT2D eigenvalue weighted by Crippen LogP contribution is -1.97. The summed E-state index contributed by atoms with van der Waals surface area (Å²) in [6, 6.07) is 0. The molecule has 3 heteroatoms. The fourth-order valence-electron chi connectivity index (χ4n) is 4.27. The second-order valence-corrected chi connectivity index (χ2v) is 9.54. The molecule has 0 aliphatic carbocycles. The first-order valence-corrected chi connectivity index (χ1v) is 14.2. The highest BCUT2D eigenvalue weighted by atomic mass is 16.5. The van der Waals surface area contributed by atoms with Crippen LogP contribution in [0, 0.1) is 0 Å². The minimum atomic E-state index is 0.361. The summed E-state index contributed by atoms with van der Waals surface area (Å²) in [5.41, 5.74) is 0. The van der Waals surface area contributed by atoms with Gasteiger partial charge in [-0.15, -0.1) is 0 Å². The van der Waals surface area contributed by atoms with Gasteiger partial charge in [-0.2, -0.15) is 0 Å². The molecule has 0 rings (SSSR count). The van der Waals surface area contributed by atoms with E-state index in [0.29, 0.717) is 13.2 Å². The van der Waals surface area contributed by atoms with E-state index in [0.717, 1.165) is 26.1 Å². The van der Waals surface area contributed by atoms with Crippen molar-refractivity contribution in [2.24, 2.45) is 0 Å². The van der Waals surface area contributed by atoms with Gasteiger partial charge in [-0.05, 0) is 25.7 Å². The molecule has 0 aliphatic rings. The summed E-state index contributed by atoms with van der Waals surface area (Å²) >= 11 is 0. The molecule has 3 nitrogen and oxygen atoms in total. The lowest BCUT2D eigenvalue weighted by molar-refractivity contribution is 0.125. The van der Waals surface area contributed by atoms with Crippen LogP contribution in [-0.4, -0.2) is 36.6 Å². The highest BCUT2D eigenvalue weighted by molar-refractivity contribution is 4.50. The van der Waals surface area contributed by atoms with Gasteiger partial charge in [-0.3, -0.25) is 0 Å². The van der Waals surface area contributed by atoms with E-state index >= 15 is 0 Å². The quantitative estimate of drug-likeness (QED) is 0.120. The normalized spacial score (nSPS) is 11.4. The molecule has 0 aromatic carbocycles. The van der Waals surface area contributed by atoms with Gasteiger partial charge in [0.1, 0.15) is 0 Å². The molecule has 0 aromatic rings. The van der Waals surface area contributed by atoms with Gasteiger partial charge in [0.05, 0.1) is 0 Å². The highest BCUT2D eigenvalue weighted by Gasteiger charge is 1.96. The maximum Gasteiger partial charge on any atom is 0.0466 e. The molecule has 0 saturated heterocycles. The third kappa shape index (κ3) is 29.9. The summed E-state index contributed by atoms with van der Waals surface area (Å²) in [4.78, 5) is 0. The predicted octanol–water partition coefficient (Wildman–Crippen LogP) is 8.35. The molecule has 0 aliphatic heterocycles. The van der Waals surface area contributed by atoms with Crippen LogP contribution < -0.4 is 0 Å². The Morgan fingerprint density at radius 1 is 0.258 bits per heavy atom. The summed E-state index contributed by atoms with van der Waals surface area (Å²) in [5.74, 6) is 0. The number of unbranched alkanes of at least 4 members (excludes halogenated alkanes) is 22. The number of aliphatic hydroxyl groups is 2. The van der Waals surface area contributed by atoms with E-state index in [1.54, 1.807) is 0 Å². The standard InChI is InChI=1S/C28H58O3/c29-25-21-17-13-9-5-1-3-7-11-15-19-23-27-31-28-24-20-16-12-8-4-2-6-10-14-18-22-26-30/h29-30H,1-28H2. The van der Waals surface area contributed by atoms with Crippen molar-refractivity contribution in [1.82, 2.24) is 0 Å². The Kier molecular flexibility index (Phi) is 29.8. The van der Waals surface area contributed by atoms with E-state index in [4.69, 9.17) is 14.9 Å². The molecule has 0 spiro atoms. The van der Waals surface area contributed by atoms with E-state index in [1.807, 2.05) is 0 Å². The number of aliphatic hydroxyl groups excluding tert-OH is 2. The van der Waals surface area contributed by atoms with Crippen LogP contribution in [-0.2, 0) is 4.74 Å². The zero-order valence-corrected chi connectivity index (χ0v) is 21.1. The zero-order chi connectivity index (χ0) is 22.5. The van der Waals surface area contributed by atoms with Crippen LogP contribution in [0.4, 0.5) is 0 Å². The Labute approximate surface area is 195 Å². The van der Waals surface area contributed by atoms with Crippen molar-refractivity contribution in [3.8, 4) is 0 Å². The van der Waals surface area contributed by atoms with Crippen molar-refractivity contribution in [3.05, 3.63) is 0 Å². The van der Waals surface area contributed by atoms with E-state index < -0.39 is 0 Å². The Balaban J connectivity index is 2.98. The Hall–Kier alpha value is -0.120. The molecule has 0 radical (unpaired) electrons. The van der Waals surface area contributed by atoms with Crippen molar-refractivity contribution in [3.63, 3.8) is 0 Å². The SMILES string of the molecule is OCCCCCCCCCCCCCCOCCCCCCCCCCCCCCO. The minimum absolute atomic E-state index is 0.361. The van der Waals surface area contributed by atoms with Gasteiger partial charge in [0.2, 0.25) is 0 Å². The van der Waals surface area contributed by atoms with Crippen LogP contribution in [0.5, 0.6) is 0 Å². The second kappa shape index (κ2) is 29.9. The maximum atomic E-state index is 8.75. The van der Waals surface area contributed by atoms with E-state index in [9.17, 15) is 0 Å². The van der Waals surface area contributed by atoms with Crippen molar-refractivity contribution in [1.29, 1.82) is 0 Å². The van der Waals surface area contributed by atoms with Gasteiger partial charge in [0, 0.05) is 26.4 Å². The number of hydrogen-bond donors (Lipinski definition) is 2. The molecule has 188 valence electrons. The Bertz CT molecular complexity index is 268. The summed E-state index contributed by atoms with van der Waals surface area (Å²) < 4.78 is 5.80. The molecule has 0 fully saturated rings. The molecule has 0 atom stereocenters. The van der Waals surface area contributed by atoms with Gasteiger partial charge in [-0.1, -0.05) is 128 Å². The summed E-state index contributed by atoms with van der Waals surface area (Å²) in [6.07, 6.45) is 31.6. The van der Waals surface area contributed by atoms with E-state index in [1.165, 1.54) is 141 Å². The number of hydrogen-bond acceptors (Lipinski definition) is 3. The summed E-state index contributed by atoms with van der Waals surface area (Å²) in [7, 11) is 0. The average molecular weight is 443 g/mol. The largest absolute Gasteiger partial charge is 0.396 e. The number of rotatable bonds is 28. The summed E-state index contributed by atoms with van der Waals surface area (Å²) in [6.45, 7) is 2.65. The van der Waals surface area contributed by atoms with Crippen LogP contribution in [0.2, 0.25) is 0 Å². The van der Waals surface area contributed by atoms with Gasteiger partial charge in [0.15, 0.2) is 0 Å². The zero-order valence-electron chi connectivity index (χ0n) is 21.1. The van der Waals surface area contributed by atoms with E-state index in [-0.39, 0.29) is 0 Å². The molecule has 0 bridgehead atoms. The average Bonchev–Trinajstić information content (AvgIpc) is 2.78. The minimum Gasteiger partial charge on any atom is -0.396 e. The lowest BCUT2D eigenvalue weighted by Gasteiger charge is -2.05. The van der Waals surface area contributed by atoms with Crippen molar-refractivity contribution in [2.45, 2.75) is 154 Å². The first kappa shape index (κ1) is 30.9. The van der Waals surface area contributed by atoms with Crippen LogP contribution >= 0.6 is 0 Å².